The van der Waals surface area contributed by atoms with Crippen molar-refractivity contribution in [3.8, 4) is 0 Å². The van der Waals surface area contributed by atoms with E-state index in [9.17, 15) is 4.79 Å². The summed E-state index contributed by atoms with van der Waals surface area (Å²) in [6, 6.07) is 12.4. The van der Waals surface area contributed by atoms with E-state index in [-0.39, 0.29) is 5.91 Å². The lowest BCUT2D eigenvalue weighted by molar-refractivity contribution is -0.122. The van der Waals surface area contributed by atoms with Gasteiger partial charge in [0.2, 0.25) is 5.91 Å². The molecular formula is C20H25N5O. The minimum absolute atomic E-state index is 0.0925. The van der Waals surface area contributed by atoms with Crippen molar-refractivity contribution in [2.24, 2.45) is 0 Å². The van der Waals surface area contributed by atoms with Crippen molar-refractivity contribution in [2.45, 2.75) is 19.6 Å². The minimum Gasteiger partial charge on any atom is -0.354 e. The highest BCUT2D eigenvalue weighted by atomic mass is 16.2. The van der Waals surface area contributed by atoms with Crippen LogP contribution in [0.25, 0.3) is 0 Å². The Morgan fingerprint density at radius 2 is 1.92 bits per heavy atom. The predicted octanol–water partition coefficient (Wildman–Crippen LogP) is 1.12. The Bertz CT molecular complexity index is 756. The first kappa shape index (κ1) is 17.0. The molecule has 26 heavy (non-hydrogen) atoms. The van der Waals surface area contributed by atoms with Gasteiger partial charge >= 0.3 is 0 Å². The molecule has 0 aliphatic carbocycles. The normalized spacial score (nSPS) is 17.2. The topological polar surface area (TPSA) is 60.5 Å². The molecule has 0 bridgehead atoms. The van der Waals surface area contributed by atoms with Crippen LogP contribution in [0.5, 0.6) is 0 Å². The molecule has 1 aromatic carbocycles. The van der Waals surface area contributed by atoms with E-state index in [1.165, 1.54) is 16.7 Å². The maximum atomic E-state index is 12.3. The Labute approximate surface area is 154 Å². The van der Waals surface area contributed by atoms with Crippen molar-refractivity contribution in [2.75, 3.05) is 37.6 Å². The maximum Gasteiger partial charge on any atom is 0.234 e. The van der Waals surface area contributed by atoms with E-state index in [2.05, 4.69) is 43.6 Å². The quantitative estimate of drug-likeness (QED) is 0.845. The van der Waals surface area contributed by atoms with Gasteiger partial charge in [-0.15, -0.1) is 0 Å². The van der Waals surface area contributed by atoms with Gasteiger partial charge in [0, 0.05) is 52.0 Å². The number of hydrogen-bond acceptors (Lipinski definition) is 5. The summed E-state index contributed by atoms with van der Waals surface area (Å²) < 4.78 is 0. The van der Waals surface area contributed by atoms with Crippen molar-refractivity contribution in [3.05, 3.63) is 59.3 Å². The number of hydrogen-bond donors (Lipinski definition) is 2. The highest BCUT2D eigenvalue weighted by Gasteiger charge is 2.19. The molecule has 1 amide bonds. The summed E-state index contributed by atoms with van der Waals surface area (Å²) in [4.78, 5) is 21.2. The number of piperazine rings is 1. The van der Waals surface area contributed by atoms with Crippen LogP contribution in [0.15, 0.2) is 42.6 Å². The van der Waals surface area contributed by atoms with Gasteiger partial charge in [-0.2, -0.15) is 0 Å². The molecule has 0 spiro atoms. The second-order valence-electron chi connectivity index (χ2n) is 6.93. The van der Waals surface area contributed by atoms with E-state index < -0.39 is 0 Å². The van der Waals surface area contributed by atoms with Crippen LogP contribution in [0.2, 0.25) is 0 Å². The largest absolute Gasteiger partial charge is 0.354 e. The molecular weight excluding hydrogens is 326 g/mol. The van der Waals surface area contributed by atoms with E-state index in [0.717, 1.165) is 45.1 Å². The minimum atomic E-state index is 0.0925. The Kier molecular flexibility index (Phi) is 5.13. The fourth-order valence-electron chi connectivity index (χ4n) is 3.59. The zero-order valence-corrected chi connectivity index (χ0v) is 14.9. The number of pyridine rings is 1. The van der Waals surface area contributed by atoms with E-state index >= 15 is 0 Å². The first-order chi connectivity index (χ1) is 12.8. The third-order valence-electron chi connectivity index (χ3n) is 5.10. The molecule has 2 N–H and O–H groups in total. The van der Waals surface area contributed by atoms with Gasteiger partial charge in [0.15, 0.2) is 0 Å². The molecule has 0 atom stereocenters. The molecule has 6 nitrogen and oxygen atoms in total. The predicted molar refractivity (Wildman–Crippen MR) is 102 cm³/mol. The molecule has 6 heteroatoms. The number of rotatable bonds is 5. The standard InChI is InChI=1S/C20H25N5O/c26-20(23-12-16-4-5-17-13-21-14-18(17)11-16)15-24-7-9-25(10-8-24)19-3-1-2-6-22-19/h1-6,11,21H,7-10,12-15H2,(H,23,26). The highest BCUT2D eigenvalue weighted by molar-refractivity contribution is 5.78. The van der Waals surface area contributed by atoms with Gasteiger partial charge in [-0.05, 0) is 28.8 Å². The molecule has 1 saturated heterocycles. The molecule has 0 radical (unpaired) electrons. The molecule has 136 valence electrons. The number of amides is 1. The Morgan fingerprint density at radius 1 is 1.08 bits per heavy atom. The molecule has 2 aliphatic rings. The Morgan fingerprint density at radius 3 is 2.73 bits per heavy atom. The van der Waals surface area contributed by atoms with Crippen molar-refractivity contribution in [1.82, 2.24) is 20.5 Å². The zero-order valence-electron chi connectivity index (χ0n) is 14.9. The fourth-order valence-corrected chi connectivity index (χ4v) is 3.59. The lowest BCUT2D eigenvalue weighted by Crippen LogP contribution is -2.49. The van der Waals surface area contributed by atoms with E-state index in [1.807, 2.05) is 24.4 Å². The number of benzene rings is 1. The zero-order chi connectivity index (χ0) is 17.8. The number of fused-ring (bicyclic) bond motifs is 1. The van der Waals surface area contributed by atoms with Crippen LogP contribution in [-0.4, -0.2) is 48.5 Å². The van der Waals surface area contributed by atoms with Gasteiger partial charge in [0.1, 0.15) is 5.82 Å². The monoisotopic (exact) mass is 351 g/mol. The summed E-state index contributed by atoms with van der Waals surface area (Å²) in [6.45, 7) is 6.51. The Balaban J connectivity index is 1.22. The average molecular weight is 351 g/mol. The van der Waals surface area contributed by atoms with Crippen LogP contribution in [0.3, 0.4) is 0 Å². The third kappa shape index (κ3) is 4.03. The molecule has 3 heterocycles. The molecule has 2 aromatic rings. The van der Waals surface area contributed by atoms with Gasteiger partial charge in [-0.25, -0.2) is 4.98 Å². The number of nitrogens with zero attached hydrogens (tertiary/aromatic N) is 3. The smallest absolute Gasteiger partial charge is 0.234 e. The summed E-state index contributed by atoms with van der Waals surface area (Å²) >= 11 is 0. The van der Waals surface area contributed by atoms with E-state index in [4.69, 9.17) is 0 Å². The summed E-state index contributed by atoms with van der Waals surface area (Å²) in [7, 11) is 0. The first-order valence-electron chi connectivity index (χ1n) is 9.24. The van der Waals surface area contributed by atoms with Crippen molar-refractivity contribution < 1.29 is 4.79 Å². The van der Waals surface area contributed by atoms with Crippen LogP contribution in [0.4, 0.5) is 5.82 Å². The maximum absolute atomic E-state index is 12.3. The molecule has 4 rings (SSSR count). The first-order valence-corrected chi connectivity index (χ1v) is 9.24. The molecule has 0 saturated carbocycles. The van der Waals surface area contributed by atoms with Crippen LogP contribution < -0.4 is 15.5 Å². The number of aromatic nitrogens is 1. The van der Waals surface area contributed by atoms with Crippen molar-refractivity contribution >= 4 is 11.7 Å². The van der Waals surface area contributed by atoms with Crippen molar-refractivity contribution in [1.29, 1.82) is 0 Å². The average Bonchev–Trinajstić information content (AvgIpc) is 3.15. The second-order valence-corrected chi connectivity index (χ2v) is 6.93. The molecule has 1 aromatic heterocycles. The van der Waals surface area contributed by atoms with Gasteiger partial charge in [0.25, 0.3) is 0 Å². The third-order valence-corrected chi connectivity index (χ3v) is 5.10. The van der Waals surface area contributed by atoms with Crippen molar-refractivity contribution in [3.63, 3.8) is 0 Å². The van der Waals surface area contributed by atoms with Gasteiger partial charge < -0.3 is 15.5 Å². The lowest BCUT2D eigenvalue weighted by Gasteiger charge is -2.34. The van der Waals surface area contributed by atoms with Crippen LogP contribution in [-0.2, 0) is 24.4 Å². The summed E-state index contributed by atoms with van der Waals surface area (Å²) in [5.41, 5.74) is 3.88. The van der Waals surface area contributed by atoms with Crippen LogP contribution in [0, 0.1) is 0 Å². The van der Waals surface area contributed by atoms with E-state index in [1.54, 1.807) is 0 Å². The Hall–Kier alpha value is -2.44. The summed E-state index contributed by atoms with van der Waals surface area (Å²) in [5, 5.41) is 6.40. The van der Waals surface area contributed by atoms with E-state index in [0.29, 0.717) is 13.1 Å². The number of carbonyl (C=O) groups excluding carboxylic acids is 1. The summed E-state index contributed by atoms with van der Waals surface area (Å²) in [6.07, 6.45) is 1.82. The van der Waals surface area contributed by atoms with Gasteiger partial charge in [-0.3, -0.25) is 9.69 Å². The van der Waals surface area contributed by atoms with Crippen LogP contribution >= 0.6 is 0 Å². The summed E-state index contributed by atoms with van der Waals surface area (Å²) in [5.74, 6) is 1.11. The molecule has 0 unspecified atom stereocenters. The van der Waals surface area contributed by atoms with Gasteiger partial charge in [0.05, 0.1) is 6.54 Å². The number of anilines is 1. The SMILES string of the molecule is O=C(CN1CCN(c2ccccn2)CC1)NCc1ccc2c(c1)CNC2. The highest BCUT2D eigenvalue weighted by Crippen LogP contribution is 2.17. The molecule has 2 aliphatic heterocycles. The second kappa shape index (κ2) is 7.85. The number of carbonyl (C=O) groups is 1. The fraction of sp³-hybridized carbons (Fsp3) is 0.400. The molecule has 1 fully saturated rings. The lowest BCUT2D eigenvalue weighted by atomic mass is 10.1. The van der Waals surface area contributed by atoms with Gasteiger partial charge in [-0.1, -0.05) is 24.3 Å². The van der Waals surface area contributed by atoms with Crippen LogP contribution in [0.1, 0.15) is 16.7 Å². The number of nitrogens with one attached hydrogen (secondary N) is 2.